The number of hydrogen-bond donors (Lipinski definition) is 2. The Kier molecular flexibility index (Phi) is 9.97. The lowest BCUT2D eigenvalue weighted by Crippen LogP contribution is -2.55. The summed E-state index contributed by atoms with van der Waals surface area (Å²) in [7, 11) is 0. The van der Waals surface area contributed by atoms with Crippen molar-refractivity contribution in [3.63, 3.8) is 0 Å². The Morgan fingerprint density at radius 2 is 1.79 bits per heavy atom. The molecule has 1 aromatic carbocycles. The molecule has 6 atom stereocenters. The fourth-order valence-corrected chi connectivity index (χ4v) is 6.84. The second-order valence-corrected chi connectivity index (χ2v) is 11.8. The molecule has 0 aromatic heterocycles. The average molecular weight is 594 g/mol. The van der Waals surface area contributed by atoms with Crippen LogP contribution in [0.1, 0.15) is 63.5 Å². The van der Waals surface area contributed by atoms with Crippen molar-refractivity contribution in [3.05, 3.63) is 60.2 Å². The van der Waals surface area contributed by atoms with Gasteiger partial charge in [-0.2, -0.15) is 0 Å². The highest BCUT2D eigenvalue weighted by molar-refractivity contribution is 5.99. The summed E-state index contributed by atoms with van der Waals surface area (Å²) in [4.78, 5) is 58.5. The molecule has 0 aliphatic carbocycles. The van der Waals surface area contributed by atoms with E-state index >= 15 is 0 Å². The minimum atomic E-state index is -1.35. The first-order valence-corrected chi connectivity index (χ1v) is 15.7. The van der Waals surface area contributed by atoms with E-state index in [2.05, 4.69) is 12.2 Å². The molecule has 5 rings (SSSR count). The number of aliphatic hydroxyl groups is 1. The lowest BCUT2D eigenvalue weighted by atomic mass is 9.78. The molecular formula is C33H43N3O7. The number of aliphatic hydroxyl groups excluding tert-OH is 1. The second kappa shape index (κ2) is 13.9. The minimum absolute atomic E-state index is 0.0198. The smallest absolute Gasteiger partial charge is 0.313 e. The Bertz CT molecular complexity index is 1230. The van der Waals surface area contributed by atoms with Crippen molar-refractivity contribution in [3.8, 4) is 0 Å². The highest BCUT2D eigenvalue weighted by atomic mass is 16.6. The first-order chi connectivity index (χ1) is 20.9. The number of cyclic esters (lactones) is 1. The number of benzene rings is 1. The highest BCUT2D eigenvalue weighted by Gasteiger charge is 2.71. The monoisotopic (exact) mass is 593 g/mol. The van der Waals surface area contributed by atoms with Gasteiger partial charge in [0.25, 0.3) is 0 Å². The molecule has 1 aromatic rings. The number of amides is 3. The fourth-order valence-electron chi connectivity index (χ4n) is 6.84. The number of likely N-dealkylation sites (tertiary alicyclic amines) is 1. The molecule has 1 spiro atoms. The molecule has 2 fully saturated rings. The zero-order valence-corrected chi connectivity index (χ0v) is 24.9. The Labute approximate surface area is 253 Å². The van der Waals surface area contributed by atoms with Crippen molar-refractivity contribution in [2.45, 2.75) is 75.7 Å². The lowest BCUT2D eigenvalue weighted by molar-refractivity contribution is -0.160. The fraction of sp³-hybridized carbons (Fsp3) is 0.576. The van der Waals surface area contributed by atoms with Gasteiger partial charge in [0.2, 0.25) is 17.7 Å². The predicted molar refractivity (Wildman–Crippen MR) is 158 cm³/mol. The molecule has 43 heavy (non-hydrogen) atoms. The van der Waals surface area contributed by atoms with E-state index in [-0.39, 0.29) is 43.8 Å². The highest BCUT2D eigenvalue weighted by Crippen LogP contribution is 2.53. The van der Waals surface area contributed by atoms with Crippen molar-refractivity contribution in [2.24, 2.45) is 11.8 Å². The maximum absolute atomic E-state index is 14.3. The summed E-state index contributed by atoms with van der Waals surface area (Å²) >= 11 is 0. The molecule has 0 radical (unpaired) electrons. The Balaban J connectivity index is 1.53. The number of carbonyl (C=O) groups is 4. The molecule has 2 saturated heterocycles. The summed E-state index contributed by atoms with van der Waals surface area (Å²) < 4.78 is 12.8. The zero-order chi connectivity index (χ0) is 30.4. The molecule has 10 nitrogen and oxygen atoms in total. The number of carbonyl (C=O) groups excluding carboxylic acids is 4. The predicted octanol–water partition coefficient (Wildman–Crippen LogP) is 2.68. The van der Waals surface area contributed by atoms with E-state index in [0.29, 0.717) is 32.4 Å². The van der Waals surface area contributed by atoms with Crippen LogP contribution in [0.25, 0.3) is 0 Å². The van der Waals surface area contributed by atoms with Gasteiger partial charge < -0.3 is 29.7 Å². The molecule has 232 valence electrons. The van der Waals surface area contributed by atoms with Gasteiger partial charge in [-0.05, 0) is 31.2 Å². The van der Waals surface area contributed by atoms with Crippen molar-refractivity contribution in [1.29, 1.82) is 0 Å². The van der Waals surface area contributed by atoms with Crippen molar-refractivity contribution in [1.82, 2.24) is 15.1 Å². The van der Waals surface area contributed by atoms with Gasteiger partial charge in [0.1, 0.15) is 23.7 Å². The average Bonchev–Trinajstić information content (AvgIpc) is 3.39. The maximum atomic E-state index is 14.3. The number of esters is 1. The maximum Gasteiger partial charge on any atom is 0.313 e. The third-order valence-corrected chi connectivity index (χ3v) is 8.97. The van der Waals surface area contributed by atoms with Crippen LogP contribution in [0.4, 0.5) is 0 Å². The van der Waals surface area contributed by atoms with Crippen molar-refractivity contribution < 1.29 is 33.8 Å². The summed E-state index contributed by atoms with van der Waals surface area (Å²) in [5.41, 5.74) is -0.621. The standard InChI is InChI=1S/C33H43N3O7/c1-2-3-9-18-35-19-12-17-33-28(30(39)36(20-10-11-21-37)29(33)31(35)40)27-24(43-33)15-7-8-16-26(38)34-22-25(42-32(27)41)23-13-5-4-6-14-23/h4-7,12-15,17,24-25,27-29,37H,2-3,8-11,16,18-22H2,1H3,(H,34,38)/b15-7-/t24-,25+,27+,28+,29-,33+/m0/s1. The van der Waals surface area contributed by atoms with Crippen LogP contribution in [-0.2, 0) is 28.7 Å². The number of nitrogens with one attached hydrogen (secondary N) is 1. The molecular weight excluding hydrogens is 550 g/mol. The van der Waals surface area contributed by atoms with Crippen LogP contribution in [0.3, 0.4) is 0 Å². The Morgan fingerprint density at radius 3 is 2.56 bits per heavy atom. The van der Waals surface area contributed by atoms with Crippen LogP contribution >= 0.6 is 0 Å². The van der Waals surface area contributed by atoms with Crippen LogP contribution in [-0.4, -0.2) is 89.1 Å². The van der Waals surface area contributed by atoms with Gasteiger partial charge in [-0.1, -0.05) is 74.4 Å². The Morgan fingerprint density at radius 1 is 1.00 bits per heavy atom. The lowest BCUT2D eigenvalue weighted by Gasteiger charge is -2.35. The summed E-state index contributed by atoms with van der Waals surface area (Å²) in [5, 5.41) is 12.3. The van der Waals surface area contributed by atoms with Crippen molar-refractivity contribution in [2.75, 3.05) is 32.8 Å². The number of unbranched alkanes of at least 4 members (excludes halogenated alkanes) is 3. The first kappa shape index (κ1) is 30.9. The number of nitrogens with zero attached hydrogens (tertiary/aromatic N) is 2. The van der Waals surface area contributed by atoms with Crippen LogP contribution < -0.4 is 5.32 Å². The van der Waals surface area contributed by atoms with Gasteiger partial charge in [0.05, 0.1) is 18.6 Å². The molecule has 0 bridgehead atoms. The Hall–Kier alpha value is -3.50. The molecule has 3 amide bonds. The molecule has 4 aliphatic rings. The number of rotatable bonds is 9. The van der Waals surface area contributed by atoms with Crippen LogP contribution in [0.15, 0.2) is 54.6 Å². The van der Waals surface area contributed by atoms with E-state index in [1.807, 2.05) is 42.5 Å². The molecule has 4 heterocycles. The molecule has 10 heteroatoms. The SMILES string of the molecule is CCCCCN1CC=C[C@@]23O[C@H]4/C=C\CCC(=O)NC[C@H](c5ccccc5)OC(=O)[C@H]4[C@@H]2C(=O)N(CCCCO)[C@H]3C1=O. The molecule has 0 unspecified atom stereocenters. The number of ether oxygens (including phenoxy) is 2. The first-order valence-electron chi connectivity index (χ1n) is 15.7. The van der Waals surface area contributed by atoms with E-state index in [0.717, 1.165) is 24.8 Å². The summed E-state index contributed by atoms with van der Waals surface area (Å²) in [5.74, 6) is -3.21. The van der Waals surface area contributed by atoms with E-state index in [9.17, 15) is 24.3 Å². The van der Waals surface area contributed by atoms with Crippen LogP contribution in [0.2, 0.25) is 0 Å². The van der Waals surface area contributed by atoms with Gasteiger partial charge in [0, 0.05) is 32.7 Å². The van der Waals surface area contributed by atoms with Crippen molar-refractivity contribution >= 4 is 23.7 Å². The van der Waals surface area contributed by atoms with Gasteiger partial charge in [0.15, 0.2) is 0 Å². The van der Waals surface area contributed by atoms with Gasteiger partial charge in [-0.25, -0.2) is 0 Å². The van der Waals surface area contributed by atoms with Crippen LogP contribution in [0, 0.1) is 11.8 Å². The van der Waals surface area contributed by atoms with Gasteiger partial charge in [-0.3, -0.25) is 19.2 Å². The summed E-state index contributed by atoms with van der Waals surface area (Å²) in [6.45, 7) is 3.43. The molecule has 2 N–H and O–H groups in total. The van der Waals surface area contributed by atoms with E-state index in [1.54, 1.807) is 22.0 Å². The molecule has 0 saturated carbocycles. The van der Waals surface area contributed by atoms with E-state index < -0.39 is 41.7 Å². The number of fused-ring (bicyclic) bond motifs is 2. The van der Waals surface area contributed by atoms with Gasteiger partial charge >= 0.3 is 5.97 Å². The molecule has 4 aliphatic heterocycles. The summed E-state index contributed by atoms with van der Waals surface area (Å²) in [6.07, 6.45) is 10.2. The van der Waals surface area contributed by atoms with Gasteiger partial charge in [-0.15, -0.1) is 0 Å². The topological polar surface area (TPSA) is 125 Å². The second-order valence-electron chi connectivity index (χ2n) is 11.8. The summed E-state index contributed by atoms with van der Waals surface area (Å²) in [6, 6.07) is 8.27. The van der Waals surface area contributed by atoms with E-state index in [1.165, 1.54) is 0 Å². The quantitative estimate of drug-likeness (QED) is 0.256. The minimum Gasteiger partial charge on any atom is -0.455 e. The van der Waals surface area contributed by atoms with Crippen LogP contribution in [0.5, 0.6) is 0 Å². The van der Waals surface area contributed by atoms with E-state index in [4.69, 9.17) is 9.47 Å². The largest absolute Gasteiger partial charge is 0.455 e. The third-order valence-electron chi connectivity index (χ3n) is 8.97. The third kappa shape index (κ3) is 6.26. The normalized spacial score (nSPS) is 31.7. The number of hydrogen-bond acceptors (Lipinski definition) is 7. The number of allylic oxidation sites excluding steroid dienone is 1. The zero-order valence-electron chi connectivity index (χ0n) is 24.9.